The van der Waals surface area contributed by atoms with Gasteiger partial charge in [-0.15, -0.1) is 0 Å². The van der Waals surface area contributed by atoms with Gasteiger partial charge in [0.25, 0.3) is 0 Å². The summed E-state index contributed by atoms with van der Waals surface area (Å²) in [6.45, 7) is 3.78. The van der Waals surface area contributed by atoms with Gasteiger partial charge in [0.15, 0.2) is 9.84 Å². The second-order valence-electron chi connectivity index (χ2n) is 6.31. The monoisotopic (exact) mass is 391 g/mol. The van der Waals surface area contributed by atoms with Crippen molar-refractivity contribution in [1.29, 1.82) is 0 Å². The van der Waals surface area contributed by atoms with Crippen LogP contribution in [0.25, 0.3) is 0 Å². The number of ether oxygens (including phenoxy) is 1. The molecule has 0 aliphatic carbocycles. The normalized spacial score (nSPS) is 15.0. The van der Waals surface area contributed by atoms with E-state index in [-0.39, 0.29) is 17.5 Å². The van der Waals surface area contributed by atoms with Crippen molar-refractivity contribution in [2.45, 2.75) is 36.9 Å². The Morgan fingerprint density at radius 3 is 2.19 bits per heavy atom. The molecule has 0 bridgehead atoms. The average molecular weight is 391 g/mol. The Labute approximate surface area is 160 Å². The van der Waals surface area contributed by atoms with Crippen molar-refractivity contribution in [2.75, 3.05) is 12.9 Å². The number of carbonyl (C=O) groups excluding carboxylic acids is 1. The van der Waals surface area contributed by atoms with Gasteiger partial charge in [0.2, 0.25) is 0 Å². The van der Waals surface area contributed by atoms with E-state index >= 15 is 0 Å². The minimum atomic E-state index is -3.33. The highest BCUT2D eigenvalue weighted by Crippen LogP contribution is 2.23. The molecular formula is C20H25NO5S. The molecule has 3 unspecified atom stereocenters. The smallest absolute Gasteiger partial charge is 0.326 e. The summed E-state index contributed by atoms with van der Waals surface area (Å²) in [6.07, 6.45) is -0.0769. The number of aliphatic hydroxyl groups excluding tert-OH is 1. The Hall–Kier alpha value is -2.22. The SMILES string of the molecule is CCOC(=O)C(NC(C)c1ccccc1)C(O)c1ccc(S(C)(=O)=O)cc1. The molecule has 7 heteroatoms. The number of sulfone groups is 1. The Balaban J connectivity index is 2.26. The minimum Gasteiger partial charge on any atom is -0.465 e. The van der Waals surface area contributed by atoms with Crippen molar-refractivity contribution in [3.8, 4) is 0 Å². The average Bonchev–Trinajstić information content (AvgIpc) is 2.65. The first kappa shape index (κ1) is 21.1. The fourth-order valence-electron chi connectivity index (χ4n) is 2.73. The lowest BCUT2D eigenvalue weighted by atomic mass is 10.00. The number of hydrogen-bond acceptors (Lipinski definition) is 6. The van der Waals surface area contributed by atoms with Crippen LogP contribution in [0.2, 0.25) is 0 Å². The summed E-state index contributed by atoms with van der Waals surface area (Å²) >= 11 is 0. The molecular weight excluding hydrogens is 366 g/mol. The first-order valence-corrected chi connectivity index (χ1v) is 10.6. The van der Waals surface area contributed by atoms with Crippen molar-refractivity contribution >= 4 is 15.8 Å². The van der Waals surface area contributed by atoms with Crippen LogP contribution in [0.15, 0.2) is 59.5 Å². The molecule has 0 radical (unpaired) electrons. The number of rotatable bonds is 8. The number of hydrogen-bond donors (Lipinski definition) is 2. The zero-order chi connectivity index (χ0) is 20.0. The van der Waals surface area contributed by atoms with E-state index in [1.807, 2.05) is 37.3 Å². The lowest BCUT2D eigenvalue weighted by molar-refractivity contribution is -0.149. The Kier molecular flexibility index (Phi) is 7.12. The van der Waals surface area contributed by atoms with Crippen molar-refractivity contribution in [2.24, 2.45) is 0 Å². The van der Waals surface area contributed by atoms with Crippen LogP contribution in [0.1, 0.15) is 37.1 Å². The standard InChI is InChI=1S/C20H25NO5S/c1-4-26-20(23)18(21-14(2)15-8-6-5-7-9-15)19(22)16-10-12-17(13-11-16)27(3,24)25/h5-14,18-19,21-22H,4H2,1-3H3. The van der Waals surface area contributed by atoms with Gasteiger partial charge in [-0.05, 0) is 37.1 Å². The van der Waals surface area contributed by atoms with Crippen LogP contribution in [0, 0.1) is 0 Å². The van der Waals surface area contributed by atoms with E-state index in [9.17, 15) is 18.3 Å². The predicted molar refractivity (Wildman–Crippen MR) is 103 cm³/mol. The molecule has 0 saturated carbocycles. The number of esters is 1. The first-order valence-electron chi connectivity index (χ1n) is 8.69. The van der Waals surface area contributed by atoms with E-state index in [0.29, 0.717) is 5.56 Å². The van der Waals surface area contributed by atoms with Crippen molar-refractivity contribution in [3.63, 3.8) is 0 Å². The third-order valence-electron chi connectivity index (χ3n) is 4.24. The van der Waals surface area contributed by atoms with Gasteiger partial charge >= 0.3 is 5.97 Å². The summed E-state index contributed by atoms with van der Waals surface area (Å²) in [4.78, 5) is 12.6. The van der Waals surface area contributed by atoms with Crippen LogP contribution in [-0.2, 0) is 19.4 Å². The highest BCUT2D eigenvalue weighted by molar-refractivity contribution is 7.90. The van der Waals surface area contributed by atoms with Gasteiger partial charge in [0.05, 0.1) is 11.5 Å². The van der Waals surface area contributed by atoms with Crippen LogP contribution in [0.3, 0.4) is 0 Å². The van der Waals surface area contributed by atoms with Crippen LogP contribution in [-0.4, -0.2) is 38.4 Å². The summed E-state index contributed by atoms with van der Waals surface area (Å²) < 4.78 is 28.3. The second-order valence-corrected chi connectivity index (χ2v) is 8.33. The molecule has 0 fully saturated rings. The predicted octanol–water partition coefficient (Wildman–Crippen LogP) is 2.41. The molecule has 2 N–H and O–H groups in total. The topological polar surface area (TPSA) is 92.7 Å². The van der Waals surface area contributed by atoms with Gasteiger partial charge in [0.1, 0.15) is 12.1 Å². The zero-order valence-corrected chi connectivity index (χ0v) is 16.4. The summed E-state index contributed by atoms with van der Waals surface area (Å²) in [6, 6.07) is 14.2. The Bertz CT molecular complexity index is 850. The largest absolute Gasteiger partial charge is 0.465 e. The van der Waals surface area contributed by atoms with Crippen molar-refractivity contribution < 1.29 is 23.1 Å². The summed E-state index contributed by atoms with van der Waals surface area (Å²) in [7, 11) is -3.33. The van der Waals surface area contributed by atoms with Crippen LogP contribution >= 0.6 is 0 Å². The Morgan fingerprint density at radius 1 is 1.07 bits per heavy atom. The highest BCUT2D eigenvalue weighted by Gasteiger charge is 2.31. The molecule has 0 aliphatic heterocycles. The molecule has 2 aromatic carbocycles. The van der Waals surface area contributed by atoms with E-state index in [1.165, 1.54) is 24.3 Å². The second kappa shape index (κ2) is 9.12. The quantitative estimate of drug-likeness (QED) is 0.672. The van der Waals surface area contributed by atoms with Gasteiger partial charge in [-0.25, -0.2) is 8.42 Å². The lowest BCUT2D eigenvalue weighted by Crippen LogP contribution is -2.44. The van der Waals surface area contributed by atoms with E-state index in [1.54, 1.807) is 6.92 Å². The molecule has 0 spiro atoms. The molecule has 6 nitrogen and oxygen atoms in total. The van der Waals surface area contributed by atoms with Gasteiger partial charge < -0.3 is 9.84 Å². The van der Waals surface area contributed by atoms with Gasteiger partial charge in [-0.3, -0.25) is 10.1 Å². The molecule has 27 heavy (non-hydrogen) atoms. The molecule has 0 aromatic heterocycles. The molecule has 3 atom stereocenters. The van der Waals surface area contributed by atoms with Crippen LogP contribution in [0.4, 0.5) is 0 Å². The van der Waals surface area contributed by atoms with Crippen molar-refractivity contribution in [3.05, 3.63) is 65.7 Å². The summed E-state index contributed by atoms with van der Waals surface area (Å²) in [5, 5.41) is 13.9. The van der Waals surface area contributed by atoms with E-state index in [4.69, 9.17) is 4.74 Å². The van der Waals surface area contributed by atoms with Crippen LogP contribution < -0.4 is 5.32 Å². The molecule has 0 saturated heterocycles. The number of carbonyl (C=O) groups is 1. The van der Waals surface area contributed by atoms with E-state index in [2.05, 4.69) is 5.32 Å². The molecule has 0 aliphatic rings. The molecule has 2 rings (SSSR count). The van der Waals surface area contributed by atoms with Gasteiger partial charge in [-0.2, -0.15) is 0 Å². The molecule has 0 heterocycles. The van der Waals surface area contributed by atoms with E-state index < -0.39 is 28.0 Å². The maximum atomic E-state index is 12.4. The van der Waals surface area contributed by atoms with E-state index in [0.717, 1.165) is 11.8 Å². The lowest BCUT2D eigenvalue weighted by Gasteiger charge is -2.26. The Morgan fingerprint density at radius 2 is 1.67 bits per heavy atom. The maximum absolute atomic E-state index is 12.4. The maximum Gasteiger partial charge on any atom is 0.326 e. The minimum absolute atomic E-state index is 0.150. The third kappa shape index (κ3) is 5.63. The molecule has 2 aromatic rings. The zero-order valence-electron chi connectivity index (χ0n) is 15.6. The summed E-state index contributed by atoms with van der Waals surface area (Å²) in [5.74, 6) is -0.569. The third-order valence-corrected chi connectivity index (χ3v) is 5.36. The molecule has 146 valence electrons. The first-order chi connectivity index (χ1) is 12.7. The number of nitrogens with one attached hydrogen (secondary N) is 1. The van der Waals surface area contributed by atoms with Gasteiger partial charge in [0, 0.05) is 12.3 Å². The number of aliphatic hydroxyl groups is 1. The highest BCUT2D eigenvalue weighted by atomic mass is 32.2. The van der Waals surface area contributed by atoms with Crippen molar-refractivity contribution in [1.82, 2.24) is 5.32 Å². The molecule has 0 amide bonds. The summed E-state index contributed by atoms with van der Waals surface area (Å²) in [5.41, 5.74) is 1.39. The van der Waals surface area contributed by atoms with Crippen LogP contribution in [0.5, 0.6) is 0 Å². The fourth-order valence-corrected chi connectivity index (χ4v) is 3.36. The number of benzene rings is 2. The van der Waals surface area contributed by atoms with Gasteiger partial charge in [-0.1, -0.05) is 42.5 Å². The fraction of sp³-hybridized carbons (Fsp3) is 0.350.